The normalized spacial score (nSPS) is 15.8. The highest BCUT2D eigenvalue weighted by Gasteiger charge is 2.24. The molecule has 1 aliphatic rings. The molecule has 3 rings (SSSR count). The van der Waals surface area contributed by atoms with E-state index in [2.05, 4.69) is 6.07 Å². The van der Waals surface area contributed by atoms with E-state index < -0.39 is 0 Å². The van der Waals surface area contributed by atoms with Gasteiger partial charge in [0.25, 0.3) is 5.56 Å². The molecule has 0 amide bonds. The number of rotatable bonds is 1. The molecule has 76 valence electrons. The third-order valence-electron chi connectivity index (χ3n) is 3.03. The van der Waals surface area contributed by atoms with E-state index in [1.165, 1.54) is 5.56 Å². The maximum absolute atomic E-state index is 12.1. The molecule has 1 aromatic carbocycles. The summed E-state index contributed by atoms with van der Waals surface area (Å²) in [6.07, 6.45) is 4.23. The fourth-order valence-corrected chi connectivity index (χ4v) is 2.02. The van der Waals surface area contributed by atoms with Crippen molar-refractivity contribution in [3.8, 4) is 0 Å². The molecule has 1 fully saturated rings. The molecule has 1 saturated carbocycles. The number of fused-ring (bicyclic) bond motifs is 1. The van der Waals surface area contributed by atoms with Crippen LogP contribution in [0.5, 0.6) is 0 Å². The van der Waals surface area contributed by atoms with Gasteiger partial charge in [0.05, 0.1) is 0 Å². The number of hydrogen-bond donors (Lipinski definition) is 0. The van der Waals surface area contributed by atoms with Crippen molar-refractivity contribution in [3.05, 3.63) is 46.4 Å². The summed E-state index contributed by atoms with van der Waals surface area (Å²) < 4.78 is 1.87. The van der Waals surface area contributed by atoms with Crippen LogP contribution in [0.15, 0.2) is 35.3 Å². The van der Waals surface area contributed by atoms with Gasteiger partial charge in [-0.1, -0.05) is 17.7 Å². The van der Waals surface area contributed by atoms with E-state index in [9.17, 15) is 4.79 Å². The van der Waals surface area contributed by atoms with Gasteiger partial charge in [0.2, 0.25) is 0 Å². The second-order valence-corrected chi connectivity index (χ2v) is 4.35. The molecule has 2 heteroatoms. The summed E-state index contributed by atoms with van der Waals surface area (Å²) in [7, 11) is 0. The molecule has 1 aliphatic carbocycles. The van der Waals surface area contributed by atoms with E-state index in [1.54, 1.807) is 0 Å². The van der Waals surface area contributed by atoms with Crippen LogP contribution in [-0.2, 0) is 0 Å². The Morgan fingerprint density at radius 1 is 1.27 bits per heavy atom. The van der Waals surface area contributed by atoms with E-state index in [4.69, 9.17) is 0 Å². The number of aromatic nitrogens is 1. The lowest BCUT2D eigenvalue weighted by Gasteiger charge is -2.05. The lowest BCUT2D eigenvalue weighted by Crippen LogP contribution is -2.18. The van der Waals surface area contributed by atoms with Gasteiger partial charge in [-0.2, -0.15) is 0 Å². The number of aryl methyl sites for hydroxylation is 1. The molecule has 0 aliphatic heterocycles. The van der Waals surface area contributed by atoms with Crippen LogP contribution in [0.4, 0.5) is 0 Å². The summed E-state index contributed by atoms with van der Waals surface area (Å²) in [4.78, 5) is 12.1. The Bertz CT molecular complexity index is 579. The van der Waals surface area contributed by atoms with Gasteiger partial charge in [-0.25, -0.2) is 0 Å². The smallest absolute Gasteiger partial charge is 0.258 e. The molecule has 0 bridgehead atoms. The Morgan fingerprint density at radius 3 is 2.80 bits per heavy atom. The van der Waals surface area contributed by atoms with Gasteiger partial charge in [-0.05, 0) is 37.3 Å². The molecule has 2 aromatic rings. The van der Waals surface area contributed by atoms with E-state index in [1.807, 2.05) is 35.9 Å². The lowest BCUT2D eigenvalue weighted by atomic mass is 10.1. The standard InChI is InChI=1S/C13H13NO/c1-9-2-5-12-10(8-9)6-7-14(13(12)15)11-3-4-11/h2,5-8,11H,3-4H2,1H3. The second kappa shape index (κ2) is 2.96. The van der Waals surface area contributed by atoms with Gasteiger partial charge in [-0.15, -0.1) is 0 Å². The zero-order valence-electron chi connectivity index (χ0n) is 8.73. The van der Waals surface area contributed by atoms with E-state index in [0.29, 0.717) is 6.04 Å². The fraction of sp³-hybridized carbons (Fsp3) is 0.308. The summed E-state index contributed by atoms with van der Waals surface area (Å²) in [5, 5.41) is 1.90. The predicted octanol–water partition coefficient (Wildman–Crippen LogP) is 2.64. The molecule has 1 aromatic heterocycles. The molecule has 0 saturated heterocycles. The predicted molar refractivity (Wildman–Crippen MR) is 61.2 cm³/mol. The first kappa shape index (κ1) is 8.72. The molecule has 0 radical (unpaired) electrons. The molecule has 15 heavy (non-hydrogen) atoms. The van der Waals surface area contributed by atoms with Crippen LogP contribution in [0.3, 0.4) is 0 Å². The summed E-state index contributed by atoms with van der Waals surface area (Å²) in [6.45, 7) is 2.05. The SMILES string of the molecule is Cc1ccc2c(=O)n(C3CC3)ccc2c1. The minimum atomic E-state index is 0.162. The van der Waals surface area contributed by atoms with Gasteiger partial charge >= 0.3 is 0 Å². The van der Waals surface area contributed by atoms with Crippen LogP contribution >= 0.6 is 0 Å². The highest BCUT2D eigenvalue weighted by Crippen LogP contribution is 2.33. The third kappa shape index (κ3) is 1.37. The van der Waals surface area contributed by atoms with Crippen molar-refractivity contribution in [2.75, 3.05) is 0 Å². The quantitative estimate of drug-likeness (QED) is 0.692. The van der Waals surface area contributed by atoms with E-state index in [0.717, 1.165) is 23.6 Å². The summed E-state index contributed by atoms with van der Waals surface area (Å²) >= 11 is 0. The number of nitrogens with zero attached hydrogens (tertiary/aromatic N) is 1. The van der Waals surface area contributed by atoms with Crippen molar-refractivity contribution in [2.45, 2.75) is 25.8 Å². The third-order valence-corrected chi connectivity index (χ3v) is 3.03. The van der Waals surface area contributed by atoms with Crippen molar-refractivity contribution in [3.63, 3.8) is 0 Å². The van der Waals surface area contributed by atoms with Crippen LogP contribution in [-0.4, -0.2) is 4.57 Å². The second-order valence-electron chi connectivity index (χ2n) is 4.35. The van der Waals surface area contributed by atoms with Gasteiger partial charge in [0.1, 0.15) is 0 Å². The fourth-order valence-electron chi connectivity index (χ4n) is 2.02. The maximum atomic E-state index is 12.1. The Morgan fingerprint density at radius 2 is 2.07 bits per heavy atom. The first-order valence-corrected chi connectivity index (χ1v) is 5.37. The molecule has 0 spiro atoms. The van der Waals surface area contributed by atoms with Crippen molar-refractivity contribution in [1.82, 2.24) is 4.57 Å². The minimum Gasteiger partial charge on any atom is -0.312 e. The molecule has 0 N–H and O–H groups in total. The highest BCUT2D eigenvalue weighted by molar-refractivity contribution is 5.82. The Hall–Kier alpha value is -1.57. The molecular weight excluding hydrogens is 186 g/mol. The van der Waals surface area contributed by atoms with Crippen LogP contribution in [0.1, 0.15) is 24.4 Å². The van der Waals surface area contributed by atoms with Gasteiger partial charge in [0.15, 0.2) is 0 Å². The molecule has 0 unspecified atom stereocenters. The van der Waals surface area contributed by atoms with Gasteiger partial charge in [0, 0.05) is 17.6 Å². The Kier molecular flexibility index (Phi) is 1.72. The van der Waals surface area contributed by atoms with Crippen LogP contribution < -0.4 is 5.56 Å². The van der Waals surface area contributed by atoms with Crippen molar-refractivity contribution >= 4 is 10.8 Å². The average Bonchev–Trinajstić information content (AvgIpc) is 3.01. The van der Waals surface area contributed by atoms with E-state index >= 15 is 0 Å². The van der Waals surface area contributed by atoms with Crippen molar-refractivity contribution in [2.24, 2.45) is 0 Å². The summed E-state index contributed by atoms with van der Waals surface area (Å²) in [5.74, 6) is 0. The monoisotopic (exact) mass is 199 g/mol. The maximum Gasteiger partial charge on any atom is 0.258 e. The van der Waals surface area contributed by atoms with Crippen LogP contribution in [0.25, 0.3) is 10.8 Å². The zero-order valence-corrected chi connectivity index (χ0v) is 8.73. The number of hydrogen-bond acceptors (Lipinski definition) is 1. The Balaban J connectivity index is 2.32. The summed E-state index contributed by atoms with van der Waals surface area (Å²) in [6, 6.07) is 8.51. The topological polar surface area (TPSA) is 22.0 Å². The lowest BCUT2D eigenvalue weighted by molar-refractivity contribution is 0.714. The number of pyridine rings is 1. The summed E-state index contributed by atoms with van der Waals surface area (Å²) in [5.41, 5.74) is 1.36. The van der Waals surface area contributed by atoms with E-state index in [-0.39, 0.29) is 5.56 Å². The first-order chi connectivity index (χ1) is 7.25. The van der Waals surface area contributed by atoms with Gasteiger partial charge in [-0.3, -0.25) is 4.79 Å². The van der Waals surface area contributed by atoms with Gasteiger partial charge < -0.3 is 4.57 Å². The molecule has 2 nitrogen and oxygen atoms in total. The zero-order chi connectivity index (χ0) is 10.4. The van der Waals surface area contributed by atoms with Crippen molar-refractivity contribution < 1.29 is 0 Å². The molecule has 0 atom stereocenters. The molecule has 1 heterocycles. The van der Waals surface area contributed by atoms with Crippen LogP contribution in [0.2, 0.25) is 0 Å². The first-order valence-electron chi connectivity index (χ1n) is 5.37. The van der Waals surface area contributed by atoms with Crippen LogP contribution in [0, 0.1) is 6.92 Å². The Labute approximate surface area is 88.2 Å². The van der Waals surface area contributed by atoms with Crippen molar-refractivity contribution in [1.29, 1.82) is 0 Å². The largest absolute Gasteiger partial charge is 0.312 e. The highest BCUT2D eigenvalue weighted by atomic mass is 16.1. The molecular formula is C13H13NO. The minimum absolute atomic E-state index is 0.162. The number of benzene rings is 1. The average molecular weight is 199 g/mol.